The molecule has 1 saturated heterocycles. The van der Waals surface area contributed by atoms with Crippen LogP contribution < -0.4 is 5.32 Å². The van der Waals surface area contributed by atoms with Crippen molar-refractivity contribution in [1.82, 2.24) is 30.3 Å². The number of hydrogen-bond donors (Lipinski definition) is 1. The Morgan fingerprint density at radius 1 is 1.19 bits per heavy atom. The lowest BCUT2D eigenvalue weighted by Crippen LogP contribution is -2.52. The third-order valence-corrected chi connectivity index (χ3v) is 4.08. The average molecular weight is 354 g/mol. The summed E-state index contributed by atoms with van der Waals surface area (Å²) in [5.74, 6) is 0.896. The Hall–Kier alpha value is -3.36. The Morgan fingerprint density at radius 2 is 1.92 bits per heavy atom. The predicted molar refractivity (Wildman–Crippen MR) is 88.3 cm³/mol. The number of hydrogen-bond acceptors (Lipinski definition) is 6. The molecule has 0 bridgehead atoms. The molecule has 9 heteroatoms. The van der Waals surface area contributed by atoms with E-state index in [1.807, 2.05) is 0 Å². The minimum Gasteiger partial charge on any atom is -0.338 e. The second-order valence-electron chi connectivity index (χ2n) is 5.92. The first-order valence-corrected chi connectivity index (χ1v) is 8.07. The third-order valence-electron chi connectivity index (χ3n) is 4.08. The van der Waals surface area contributed by atoms with Crippen LogP contribution in [0, 0.1) is 5.82 Å². The number of benzene rings is 1. The lowest BCUT2D eigenvalue weighted by molar-refractivity contribution is 0.136. The number of halogens is 1. The van der Waals surface area contributed by atoms with E-state index in [9.17, 15) is 9.18 Å². The first kappa shape index (κ1) is 16.1. The molecule has 0 radical (unpaired) electrons. The van der Waals surface area contributed by atoms with Gasteiger partial charge in [0.15, 0.2) is 0 Å². The van der Waals surface area contributed by atoms with Crippen molar-refractivity contribution in [2.75, 3.05) is 13.1 Å². The first-order valence-electron chi connectivity index (χ1n) is 8.07. The molecule has 132 valence electrons. The third kappa shape index (κ3) is 3.37. The number of carbonyl (C=O) groups excluding carboxylic acids is 1. The molecular weight excluding hydrogens is 339 g/mol. The van der Waals surface area contributed by atoms with E-state index in [1.54, 1.807) is 35.5 Å². The fraction of sp³-hybridized carbons (Fsp3) is 0.235. The Labute approximate surface area is 148 Å². The molecule has 1 N–H and O–H groups in total. The molecule has 1 fully saturated rings. The van der Waals surface area contributed by atoms with Gasteiger partial charge in [-0.1, -0.05) is 17.3 Å². The lowest BCUT2D eigenvalue weighted by Gasteiger charge is -2.36. The van der Waals surface area contributed by atoms with Gasteiger partial charge in [0.1, 0.15) is 5.82 Å². The van der Waals surface area contributed by atoms with Gasteiger partial charge in [0, 0.05) is 32.0 Å². The molecule has 3 heterocycles. The second-order valence-corrected chi connectivity index (χ2v) is 5.92. The van der Waals surface area contributed by atoms with Gasteiger partial charge in [-0.2, -0.15) is 4.98 Å². The maximum atomic E-state index is 12.9. The van der Waals surface area contributed by atoms with E-state index >= 15 is 0 Å². The van der Waals surface area contributed by atoms with Crippen LogP contribution in [0.1, 0.15) is 17.4 Å². The molecular formula is C17H15FN6O2. The number of urea groups is 1. The molecule has 2 amide bonds. The van der Waals surface area contributed by atoms with Crippen molar-refractivity contribution in [2.45, 2.75) is 12.5 Å². The van der Waals surface area contributed by atoms with Crippen LogP contribution in [0.15, 0.2) is 47.2 Å². The first-order chi connectivity index (χ1) is 12.7. The van der Waals surface area contributed by atoms with Gasteiger partial charge in [-0.05, 0) is 23.8 Å². The summed E-state index contributed by atoms with van der Waals surface area (Å²) in [5, 5.41) is 6.68. The van der Waals surface area contributed by atoms with E-state index < -0.39 is 0 Å². The van der Waals surface area contributed by atoms with Crippen LogP contribution in [0.5, 0.6) is 0 Å². The van der Waals surface area contributed by atoms with E-state index in [0.29, 0.717) is 37.2 Å². The summed E-state index contributed by atoms with van der Waals surface area (Å²) < 4.78 is 18.1. The summed E-state index contributed by atoms with van der Waals surface area (Å²) in [5.41, 5.74) is 0.834. The standard InChI is InChI=1S/C17H15FN6O2/c18-13-4-2-11(3-5-13)8-21-17(25)24-9-12(10-24)16-22-15(23-26-16)14-19-6-1-7-20-14/h1-7,12H,8-10H2,(H,21,25). The van der Waals surface area contributed by atoms with Crippen molar-refractivity contribution in [2.24, 2.45) is 0 Å². The number of carbonyl (C=O) groups is 1. The van der Waals surface area contributed by atoms with E-state index in [4.69, 9.17) is 4.52 Å². The Kier molecular flexibility index (Phi) is 4.26. The minimum atomic E-state index is -0.300. The molecule has 1 aromatic carbocycles. The molecule has 8 nitrogen and oxygen atoms in total. The summed E-state index contributed by atoms with van der Waals surface area (Å²) in [4.78, 5) is 26.2. The predicted octanol–water partition coefficient (Wildman–Crippen LogP) is 1.97. The number of nitrogens with one attached hydrogen (secondary N) is 1. The summed E-state index contributed by atoms with van der Waals surface area (Å²) in [6.07, 6.45) is 3.21. The summed E-state index contributed by atoms with van der Waals surface area (Å²) in [7, 11) is 0. The number of likely N-dealkylation sites (tertiary alicyclic amines) is 1. The van der Waals surface area contributed by atoms with Crippen LogP contribution in [0.3, 0.4) is 0 Å². The van der Waals surface area contributed by atoms with Crippen LogP contribution in [-0.2, 0) is 6.54 Å². The van der Waals surface area contributed by atoms with Crippen LogP contribution in [-0.4, -0.2) is 44.1 Å². The highest BCUT2D eigenvalue weighted by Crippen LogP contribution is 2.26. The molecule has 4 rings (SSSR count). The van der Waals surface area contributed by atoms with Crippen molar-refractivity contribution in [3.63, 3.8) is 0 Å². The smallest absolute Gasteiger partial charge is 0.317 e. The van der Waals surface area contributed by atoms with Crippen molar-refractivity contribution >= 4 is 6.03 Å². The van der Waals surface area contributed by atoms with E-state index in [-0.39, 0.29) is 17.8 Å². The maximum Gasteiger partial charge on any atom is 0.317 e. The molecule has 0 aliphatic carbocycles. The molecule has 3 aromatic rings. The number of amides is 2. The van der Waals surface area contributed by atoms with Gasteiger partial charge >= 0.3 is 6.03 Å². The molecule has 2 aromatic heterocycles. The molecule has 0 unspecified atom stereocenters. The lowest BCUT2D eigenvalue weighted by atomic mass is 10.0. The summed E-state index contributed by atoms with van der Waals surface area (Å²) >= 11 is 0. The monoisotopic (exact) mass is 354 g/mol. The summed E-state index contributed by atoms with van der Waals surface area (Å²) in [6, 6.07) is 7.53. The Bertz CT molecular complexity index is 893. The van der Waals surface area contributed by atoms with E-state index in [0.717, 1.165) is 5.56 Å². The van der Waals surface area contributed by atoms with Gasteiger partial charge in [0.25, 0.3) is 0 Å². The van der Waals surface area contributed by atoms with E-state index in [2.05, 4.69) is 25.4 Å². The van der Waals surface area contributed by atoms with E-state index in [1.165, 1.54) is 12.1 Å². The SMILES string of the molecule is O=C(NCc1ccc(F)cc1)N1CC(c2nc(-c3ncccn3)no2)C1. The van der Waals surface area contributed by atoms with Crippen molar-refractivity contribution in [1.29, 1.82) is 0 Å². The molecule has 0 spiro atoms. The molecule has 1 aliphatic heterocycles. The fourth-order valence-corrected chi connectivity index (χ4v) is 2.60. The largest absolute Gasteiger partial charge is 0.338 e. The van der Waals surface area contributed by atoms with Gasteiger partial charge in [-0.15, -0.1) is 0 Å². The Balaban J connectivity index is 1.29. The zero-order valence-electron chi connectivity index (χ0n) is 13.7. The van der Waals surface area contributed by atoms with Gasteiger partial charge in [0.05, 0.1) is 5.92 Å². The highest BCUT2D eigenvalue weighted by molar-refractivity contribution is 5.75. The van der Waals surface area contributed by atoms with Gasteiger partial charge in [0.2, 0.25) is 17.5 Å². The number of nitrogens with zero attached hydrogens (tertiary/aromatic N) is 5. The van der Waals surface area contributed by atoms with Crippen LogP contribution in [0.2, 0.25) is 0 Å². The average Bonchev–Trinajstić information content (AvgIpc) is 3.10. The van der Waals surface area contributed by atoms with Crippen molar-refractivity contribution in [3.05, 3.63) is 60.0 Å². The summed E-state index contributed by atoms with van der Waals surface area (Å²) in [6.45, 7) is 1.33. The van der Waals surface area contributed by atoms with Crippen molar-refractivity contribution < 1.29 is 13.7 Å². The Morgan fingerprint density at radius 3 is 2.65 bits per heavy atom. The quantitative estimate of drug-likeness (QED) is 0.769. The van der Waals surface area contributed by atoms with Crippen LogP contribution in [0.4, 0.5) is 9.18 Å². The number of rotatable bonds is 4. The normalized spacial score (nSPS) is 14.1. The topological polar surface area (TPSA) is 97.0 Å². The fourth-order valence-electron chi connectivity index (χ4n) is 2.60. The maximum absolute atomic E-state index is 12.9. The second kappa shape index (κ2) is 6.87. The van der Waals surface area contributed by atoms with Gasteiger partial charge in [-0.25, -0.2) is 19.2 Å². The molecule has 1 aliphatic rings. The highest BCUT2D eigenvalue weighted by Gasteiger charge is 2.35. The molecule has 0 saturated carbocycles. The van der Waals surface area contributed by atoms with Gasteiger partial charge in [-0.3, -0.25) is 0 Å². The molecule has 26 heavy (non-hydrogen) atoms. The van der Waals surface area contributed by atoms with Crippen molar-refractivity contribution in [3.8, 4) is 11.6 Å². The molecule has 0 atom stereocenters. The van der Waals surface area contributed by atoms with Gasteiger partial charge < -0.3 is 14.7 Å². The highest BCUT2D eigenvalue weighted by atomic mass is 19.1. The number of aromatic nitrogens is 4. The van der Waals surface area contributed by atoms with Crippen LogP contribution in [0.25, 0.3) is 11.6 Å². The zero-order chi connectivity index (χ0) is 17.9. The zero-order valence-corrected chi connectivity index (χ0v) is 13.7. The minimum absolute atomic E-state index is 0.00321. The van der Waals surface area contributed by atoms with Crippen LogP contribution >= 0.6 is 0 Å².